The number of aromatic nitrogens is 4. The maximum atomic E-state index is 15.1. The molecule has 0 spiro atoms. The molecule has 0 atom stereocenters. The number of sulfonamides is 1. The second kappa shape index (κ2) is 15.8. The predicted octanol–water partition coefficient (Wildman–Crippen LogP) is 5.59. The van der Waals surface area contributed by atoms with Crippen LogP contribution < -0.4 is 19.7 Å². The highest BCUT2D eigenvalue weighted by Gasteiger charge is 2.45. The molecule has 54 heavy (non-hydrogen) atoms. The van der Waals surface area contributed by atoms with Gasteiger partial charge in [-0.2, -0.15) is 22.3 Å². The average molecular weight is 766 g/mol. The number of benzene rings is 4. The standard InChI is InChI=1S/C37H39BF3N5O7S/c1-36(2)23-52-38(53-24-36)32-19-18-31(37(39,40)41)34(33(32)35-42-44-46(43-35)22-27-10-16-30(51-5)17-11-27)54(47,48)45(20-25-6-12-28(49-3)13-7-25)21-26-8-14-29(50-4)15-9-26/h6-19H,20-24H2,1-5H3. The van der Waals surface area contributed by atoms with Crippen molar-refractivity contribution in [2.45, 2.75) is 44.6 Å². The van der Waals surface area contributed by atoms with Crippen molar-refractivity contribution >= 4 is 22.6 Å². The number of alkyl halides is 3. The van der Waals surface area contributed by atoms with E-state index in [-0.39, 0.29) is 44.1 Å². The van der Waals surface area contributed by atoms with E-state index >= 15 is 21.6 Å². The fourth-order valence-electron chi connectivity index (χ4n) is 5.92. The molecule has 0 N–H and O–H groups in total. The zero-order chi connectivity index (χ0) is 38.7. The minimum atomic E-state index is -5.11. The van der Waals surface area contributed by atoms with Gasteiger partial charge in [0.2, 0.25) is 15.8 Å². The van der Waals surface area contributed by atoms with E-state index in [9.17, 15) is 0 Å². The minimum Gasteiger partial charge on any atom is -0.497 e. The van der Waals surface area contributed by atoms with Gasteiger partial charge in [0.05, 0.1) is 33.4 Å². The third-order valence-corrected chi connectivity index (χ3v) is 10.7. The molecule has 1 aromatic heterocycles. The fraction of sp³-hybridized carbons (Fsp3) is 0.324. The number of halogens is 3. The van der Waals surface area contributed by atoms with Crippen LogP contribution in [-0.2, 0) is 45.1 Å². The van der Waals surface area contributed by atoms with E-state index in [0.717, 1.165) is 22.0 Å². The van der Waals surface area contributed by atoms with Gasteiger partial charge in [0.25, 0.3) is 0 Å². The minimum absolute atomic E-state index is 0.00918. The highest BCUT2D eigenvalue weighted by molar-refractivity contribution is 7.89. The molecule has 0 aliphatic carbocycles. The lowest BCUT2D eigenvalue weighted by Gasteiger charge is -2.34. The molecular formula is C37H39BF3N5O7S. The van der Waals surface area contributed by atoms with E-state index < -0.39 is 44.8 Å². The Kier molecular flexibility index (Phi) is 11.3. The van der Waals surface area contributed by atoms with Crippen molar-refractivity contribution in [3.05, 3.63) is 107 Å². The van der Waals surface area contributed by atoms with Crippen LogP contribution in [0.3, 0.4) is 0 Å². The van der Waals surface area contributed by atoms with Gasteiger partial charge in [0.1, 0.15) is 22.1 Å². The van der Waals surface area contributed by atoms with Crippen molar-refractivity contribution in [2.75, 3.05) is 34.5 Å². The summed E-state index contributed by atoms with van der Waals surface area (Å²) in [5.74, 6) is 1.32. The van der Waals surface area contributed by atoms with Crippen LogP contribution in [0.25, 0.3) is 11.4 Å². The van der Waals surface area contributed by atoms with Crippen LogP contribution in [0.2, 0.25) is 0 Å². The molecular weight excluding hydrogens is 726 g/mol. The molecule has 284 valence electrons. The first-order valence-electron chi connectivity index (χ1n) is 16.8. The monoisotopic (exact) mass is 765 g/mol. The van der Waals surface area contributed by atoms with Gasteiger partial charge >= 0.3 is 13.3 Å². The molecule has 1 saturated heterocycles. The van der Waals surface area contributed by atoms with Crippen LogP contribution >= 0.6 is 0 Å². The molecule has 0 amide bonds. The van der Waals surface area contributed by atoms with E-state index in [0.29, 0.717) is 28.4 Å². The van der Waals surface area contributed by atoms with Crippen LogP contribution in [0, 0.1) is 5.41 Å². The van der Waals surface area contributed by atoms with E-state index in [1.54, 1.807) is 72.8 Å². The first kappa shape index (κ1) is 38.7. The second-order valence-electron chi connectivity index (χ2n) is 13.5. The highest BCUT2D eigenvalue weighted by Crippen LogP contribution is 2.40. The van der Waals surface area contributed by atoms with Gasteiger partial charge in [-0.05, 0) is 69.8 Å². The predicted molar refractivity (Wildman–Crippen MR) is 194 cm³/mol. The maximum Gasteiger partial charge on any atom is 0.494 e. The van der Waals surface area contributed by atoms with Crippen molar-refractivity contribution in [1.82, 2.24) is 24.5 Å². The van der Waals surface area contributed by atoms with Crippen molar-refractivity contribution < 1.29 is 45.1 Å². The SMILES string of the molecule is COc1ccc(CN(Cc2ccc(OC)cc2)S(=O)(=O)c2c(C(F)(F)F)ccc(B3OCC(C)(C)CO3)c2-c2nnn(Cc3ccc(OC)cc3)n2)cc1. The summed E-state index contributed by atoms with van der Waals surface area (Å²) in [5.41, 5.74) is -0.473. The van der Waals surface area contributed by atoms with Crippen LogP contribution in [0.15, 0.2) is 89.8 Å². The molecule has 1 aliphatic rings. The number of ether oxygens (including phenoxy) is 3. The Morgan fingerprint density at radius 3 is 1.72 bits per heavy atom. The maximum absolute atomic E-state index is 15.1. The van der Waals surface area contributed by atoms with Gasteiger partial charge in [-0.25, -0.2) is 8.42 Å². The molecule has 5 aromatic rings. The average Bonchev–Trinajstić information content (AvgIpc) is 3.62. The summed E-state index contributed by atoms with van der Waals surface area (Å²) in [4.78, 5) is 0.131. The van der Waals surface area contributed by atoms with Crippen LogP contribution in [0.1, 0.15) is 36.1 Å². The number of nitrogens with zero attached hydrogens (tertiary/aromatic N) is 5. The van der Waals surface area contributed by atoms with Gasteiger partial charge < -0.3 is 23.5 Å². The molecule has 1 fully saturated rings. The normalized spacial score (nSPS) is 14.6. The Morgan fingerprint density at radius 2 is 1.26 bits per heavy atom. The Morgan fingerprint density at radius 1 is 0.778 bits per heavy atom. The molecule has 0 saturated carbocycles. The van der Waals surface area contributed by atoms with Gasteiger partial charge in [-0.1, -0.05) is 56.3 Å². The first-order valence-corrected chi connectivity index (χ1v) is 18.3. The molecule has 12 nitrogen and oxygen atoms in total. The van der Waals surface area contributed by atoms with Gasteiger partial charge in [0, 0.05) is 37.3 Å². The highest BCUT2D eigenvalue weighted by atomic mass is 32.2. The molecule has 17 heteroatoms. The number of rotatable bonds is 13. The lowest BCUT2D eigenvalue weighted by atomic mass is 9.72. The molecule has 0 bridgehead atoms. The third kappa shape index (κ3) is 8.70. The fourth-order valence-corrected chi connectivity index (χ4v) is 7.74. The number of tetrazole rings is 1. The van der Waals surface area contributed by atoms with Gasteiger partial charge in [-0.15, -0.1) is 10.2 Å². The Labute approximate surface area is 311 Å². The zero-order valence-electron chi connectivity index (χ0n) is 30.3. The number of methoxy groups -OCH3 is 3. The van der Waals surface area contributed by atoms with Crippen molar-refractivity contribution in [1.29, 1.82) is 0 Å². The smallest absolute Gasteiger partial charge is 0.494 e. The van der Waals surface area contributed by atoms with E-state index in [4.69, 9.17) is 23.5 Å². The summed E-state index contributed by atoms with van der Waals surface area (Å²) in [7, 11) is -1.76. The summed E-state index contributed by atoms with van der Waals surface area (Å²) < 4.78 is 105. The van der Waals surface area contributed by atoms with Crippen LogP contribution in [0.4, 0.5) is 13.2 Å². The first-order chi connectivity index (χ1) is 25.7. The number of hydrogen-bond donors (Lipinski definition) is 0. The zero-order valence-corrected chi connectivity index (χ0v) is 31.1. The Hall–Kier alpha value is -4.97. The van der Waals surface area contributed by atoms with Gasteiger partial charge in [0.15, 0.2) is 0 Å². The third-order valence-electron chi connectivity index (χ3n) is 8.79. The molecule has 0 unspecified atom stereocenters. The molecule has 4 aromatic carbocycles. The summed E-state index contributed by atoms with van der Waals surface area (Å²) in [6.07, 6.45) is -5.11. The second-order valence-corrected chi connectivity index (χ2v) is 15.4. The molecule has 6 rings (SSSR count). The number of hydrogen-bond acceptors (Lipinski definition) is 10. The summed E-state index contributed by atoms with van der Waals surface area (Å²) in [6, 6.07) is 22.1. The van der Waals surface area contributed by atoms with Crippen LogP contribution in [0.5, 0.6) is 17.2 Å². The molecule has 2 heterocycles. The van der Waals surface area contributed by atoms with Gasteiger partial charge in [-0.3, -0.25) is 0 Å². The quantitative estimate of drug-likeness (QED) is 0.140. The summed E-state index contributed by atoms with van der Waals surface area (Å²) in [5, 5.41) is 12.7. The largest absolute Gasteiger partial charge is 0.497 e. The lowest BCUT2D eigenvalue weighted by molar-refractivity contribution is -0.139. The molecule has 0 radical (unpaired) electrons. The van der Waals surface area contributed by atoms with Crippen LogP contribution in [-0.4, -0.2) is 74.6 Å². The lowest BCUT2D eigenvalue weighted by Crippen LogP contribution is -2.48. The summed E-state index contributed by atoms with van der Waals surface area (Å²) in [6.45, 7) is 3.71. The van der Waals surface area contributed by atoms with Crippen molar-refractivity contribution in [3.63, 3.8) is 0 Å². The summed E-state index contributed by atoms with van der Waals surface area (Å²) >= 11 is 0. The van der Waals surface area contributed by atoms with E-state index in [1.807, 2.05) is 13.8 Å². The van der Waals surface area contributed by atoms with Crippen molar-refractivity contribution in [3.8, 4) is 28.6 Å². The Balaban J connectivity index is 1.54. The van der Waals surface area contributed by atoms with Crippen molar-refractivity contribution in [2.24, 2.45) is 5.41 Å². The Bertz CT molecular complexity index is 2110. The van der Waals surface area contributed by atoms with E-state index in [1.165, 1.54) is 26.1 Å². The van der Waals surface area contributed by atoms with E-state index in [2.05, 4.69) is 15.4 Å². The topological polar surface area (TPSA) is 127 Å². The molecule has 1 aliphatic heterocycles.